The topological polar surface area (TPSA) is 24.7 Å². The summed E-state index contributed by atoms with van der Waals surface area (Å²) >= 11 is 0. The molecule has 0 saturated heterocycles. The SMILES string of the molecule is CC/N=C(\CC)C/C(CC)=N/CC. The second-order valence-electron chi connectivity index (χ2n) is 2.97. The highest BCUT2D eigenvalue weighted by molar-refractivity contribution is 6.04. The van der Waals surface area contributed by atoms with E-state index >= 15 is 0 Å². The molecule has 0 aliphatic rings. The van der Waals surface area contributed by atoms with E-state index in [0.717, 1.165) is 32.4 Å². The van der Waals surface area contributed by atoms with Gasteiger partial charge >= 0.3 is 0 Å². The third-order valence-corrected chi connectivity index (χ3v) is 1.99. The Hall–Kier alpha value is -0.660. The average Bonchev–Trinajstić information content (AvgIpc) is 2.16. The van der Waals surface area contributed by atoms with E-state index < -0.39 is 0 Å². The smallest absolute Gasteiger partial charge is 0.0360 e. The average molecular weight is 182 g/mol. The molecule has 76 valence electrons. The van der Waals surface area contributed by atoms with Crippen molar-refractivity contribution in [1.82, 2.24) is 0 Å². The summed E-state index contributed by atoms with van der Waals surface area (Å²) in [6.07, 6.45) is 3.09. The van der Waals surface area contributed by atoms with Crippen molar-refractivity contribution in [2.75, 3.05) is 13.1 Å². The fourth-order valence-corrected chi connectivity index (χ4v) is 1.27. The van der Waals surface area contributed by atoms with Gasteiger partial charge in [-0.25, -0.2) is 0 Å². The van der Waals surface area contributed by atoms with Gasteiger partial charge in [-0.3, -0.25) is 9.98 Å². The highest BCUT2D eigenvalue weighted by atomic mass is 14.8. The predicted molar refractivity (Wildman–Crippen MR) is 61.2 cm³/mol. The first-order valence-electron chi connectivity index (χ1n) is 5.32. The molecule has 0 aliphatic heterocycles. The van der Waals surface area contributed by atoms with Crippen molar-refractivity contribution in [3.05, 3.63) is 0 Å². The first-order chi connectivity index (χ1) is 6.28. The number of rotatable bonds is 6. The van der Waals surface area contributed by atoms with Crippen molar-refractivity contribution in [2.45, 2.75) is 47.0 Å². The zero-order valence-corrected chi connectivity index (χ0v) is 9.43. The second kappa shape index (κ2) is 7.96. The summed E-state index contributed by atoms with van der Waals surface area (Å²) in [6.45, 7) is 10.3. The van der Waals surface area contributed by atoms with Gasteiger partial charge in [0.05, 0.1) is 0 Å². The van der Waals surface area contributed by atoms with Crippen LogP contribution in [0.25, 0.3) is 0 Å². The highest BCUT2D eigenvalue weighted by Gasteiger charge is 2.00. The molecular formula is C11H22N2. The molecule has 0 amide bonds. The Morgan fingerprint density at radius 2 is 1.15 bits per heavy atom. The van der Waals surface area contributed by atoms with E-state index in [0.29, 0.717) is 0 Å². The van der Waals surface area contributed by atoms with Gasteiger partial charge in [0.15, 0.2) is 0 Å². The zero-order valence-electron chi connectivity index (χ0n) is 9.43. The van der Waals surface area contributed by atoms with E-state index in [1.54, 1.807) is 0 Å². The molecule has 0 aromatic heterocycles. The summed E-state index contributed by atoms with van der Waals surface area (Å²) < 4.78 is 0. The van der Waals surface area contributed by atoms with E-state index in [1.165, 1.54) is 11.4 Å². The lowest BCUT2D eigenvalue weighted by molar-refractivity contribution is 1.05. The maximum absolute atomic E-state index is 4.45. The third-order valence-electron chi connectivity index (χ3n) is 1.99. The quantitative estimate of drug-likeness (QED) is 0.564. The first kappa shape index (κ1) is 12.3. The number of hydrogen-bond acceptors (Lipinski definition) is 2. The van der Waals surface area contributed by atoms with Crippen LogP contribution >= 0.6 is 0 Å². The van der Waals surface area contributed by atoms with Crippen LogP contribution in [0.15, 0.2) is 9.98 Å². The number of hydrogen-bond donors (Lipinski definition) is 0. The fraction of sp³-hybridized carbons (Fsp3) is 0.818. The molecule has 0 N–H and O–H groups in total. The van der Waals surface area contributed by atoms with Gasteiger partial charge in [0.1, 0.15) is 0 Å². The minimum absolute atomic E-state index is 0.895. The van der Waals surface area contributed by atoms with Crippen LogP contribution < -0.4 is 0 Å². The van der Waals surface area contributed by atoms with Crippen molar-refractivity contribution in [3.63, 3.8) is 0 Å². The maximum atomic E-state index is 4.45. The molecule has 13 heavy (non-hydrogen) atoms. The number of aliphatic imine (C=N–C) groups is 2. The molecule has 0 rings (SSSR count). The third kappa shape index (κ3) is 5.56. The summed E-state index contributed by atoms with van der Waals surface area (Å²) in [6, 6.07) is 0. The molecule has 0 heterocycles. The van der Waals surface area contributed by atoms with Crippen LogP contribution in [-0.2, 0) is 0 Å². The van der Waals surface area contributed by atoms with E-state index in [9.17, 15) is 0 Å². The Morgan fingerprint density at radius 1 is 0.769 bits per heavy atom. The molecule has 0 unspecified atom stereocenters. The van der Waals surface area contributed by atoms with E-state index in [4.69, 9.17) is 0 Å². The van der Waals surface area contributed by atoms with Crippen molar-refractivity contribution in [3.8, 4) is 0 Å². The van der Waals surface area contributed by atoms with Gasteiger partial charge in [0, 0.05) is 30.9 Å². The van der Waals surface area contributed by atoms with Gasteiger partial charge < -0.3 is 0 Å². The molecular weight excluding hydrogens is 160 g/mol. The van der Waals surface area contributed by atoms with E-state index in [-0.39, 0.29) is 0 Å². The van der Waals surface area contributed by atoms with Crippen LogP contribution in [0.1, 0.15) is 47.0 Å². The number of nitrogens with zero attached hydrogens (tertiary/aromatic N) is 2. The molecule has 2 nitrogen and oxygen atoms in total. The largest absolute Gasteiger partial charge is 0.294 e. The molecule has 0 aromatic carbocycles. The van der Waals surface area contributed by atoms with Gasteiger partial charge in [-0.15, -0.1) is 0 Å². The summed E-state index contributed by atoms with van der Waals surface area (Å²) in [7, 11) is 0. The molecule has 0 spiro atoms. The maximum Gasteiger partial charge on any atom is 0.0360 e. The van der Waals surface area contributed by atoms with Crippen LogP contribution in [0.2, 0.25) is 0 Å². The Labute approximate surface area is 82.2 Å². The van der Waals surface area contributed by atoms with Crippen LogP contribution in [0, 0.1) is 0 Å². The van der Waals surface area contributed by atoms with E-state index in [2.05, 4.69) is 37.7 Å². The van der Waals surface area contributed by atoms with Crippen LogP contribution in [0.4, 0.5) is 0 Å². The van der Waals surface area contributed by atoms with Crippen molar-refractivity contribution < 1.29 is 0 Å². The molecule has 0 radical (unpaired) electrons. The van der Waals surface area contributed by atoms with Crippen molar-refractivity contribution >= 4 is 11.4 Å². The Kier molecular flexibility index (Phi) is 7.56. The lowest BCUT2D eigenvalue weighted by Gasteiger charge is -2.05. The van der Waals surface area contributed by atoms with Crippen molar-refractivity contribution in [1.29, 1.82) is 0 Å². The van der Waals surface area contributed by atoms with Gasteiger partial charge in [-0.2, -0.15) is 0 Å². The van der Waals surface area contributed by atoms with Crippen molar-refractivity contribution in [2.24, 2.45) is 9.98 Å². The lowest BCUT2D eigenvalue weighted by Crippen LogP contribution is -2.07. The lowest BCUT2D eigenvalue weighted by atomic mass is 10.1. The molecule has 0 saturated carbocycles. The predicted octanol–water partition coefficient (Wildman–Crippen LogP) is 3.12. The normalized spacial score (nSPS) is 13.5. The summed E-state index contributed by atoms with van der Waals surface area (Å²) in [5.41, 5.74) is 2.58. The molecule has 0 bridgehead atoms. The van der Waals surface area contributed by atoms with Gasteiger partial charge in [0.25, 0.3) is 0 Å². The first-order valence-corrected chi connectivity index (χ1v) is 5.32. The Morgan fingerprint density at radius 3 is 1.38 bits per heavy atom. The molecule has 0 aliphatic carbocycles. The minimum Gasteiger partial charge on any atom is -0.294 e. The zero-order chi connectivity index (χ0) is 10.1. The Bertz CT molecular complexity index is 161. The summed E-state index contributed by atoms with van der Waals surface area (Å²) in [5.74, 6) is 0. The van der Waals surface area contributed by atoms with Crippen LogP contribution in [0.3, 0.4) is 0 Å². The Balaban J connectivity index is 4.19. The monoisotopic (exact) mass is 182 g/mol. The minimum atomic E-state index is 0.895. The summed E-state index contributed by atoms with van der Waals surface area (Å²) in [5, 5.41) is 0. The second-order valence-corrected chi connectivity index (χ2v) is 2.97. The standard InChI is InChI=1S/C11H22N2/c1-5-10(12-7-3)9-11(6-2)13-8-4/h5-9H2,1-4H3/b12-10+,13-11+. The van der Waals surface area contributed by atoms with Crippen LogP contribution in [0.5, 0.6) is 0 Å². The molecule has 2 heteroatoms. The molecule has 0 aromatic rings. The molecule has 0 fully saturated rings. The van der Waals surface area contributed by atoms with Gasteiger partial charge in [0.2, 0.25) is 0 Å². The molecule has 0 atom stereocenters. The highest BCUT2D eigenvalue weighted by Crippen LogP contribution is 2.00. The summed E-state index contributed by atoms with van der Waals surface area (Å²) in [4.78, 5) is 8.90. The van der Waals surface area contributed by atoms with Crippen LogP contribution in [-0.4, -0.2) is 24.5 Å². The fourth-order valence-electron chi connectivity index (χ4n) is 1.27. The van der Waals surface area contributed by atoms with Gasteiger partial charge in [-0.1, -0.05) is 13.8 Å². The van der Waals surface area contributed by atoms with Gasteiger partial charge in [-0.05, 0) is 26.7 Å². The van der Waals surface area contributed by atoms with E-state index in [1.807, 2.05) is 0 Å².